The van der Waals surface area contributed by atoms with Crippen molar-refractivity contribution in [3.8, 4) is 5.75 Å². The van der Waals surface area contributed by atoms with Crippen LogP contribution in [-0.4, -0.2) is 26.6 Å². The van der Waals surface area contributed by atoms with E-state index in [9.17, 15) is 12.8 Å². The van der Waals surface area contributed by atoms with Gasteiger partial charge in [0, 0.05) is 29.1 Å². The van der Waals surface area contributed by atoms with Crippen molar-refractivity contribution in [1.29, 1.82) is 0 Å². The number of fused-ring (bicyclic) bond motifs is 1. The maximum Gasteiger partial charge on any atom is 0.240 e. The Hall–Kier alpha value is -2.38. The van der Waals surface area contributed by atoms with Crippen molar-refractivity contribution < 1.29 is 17.5 Å². The zero-order valence-electron chi connectivity index (χ0n) is 15.0. The minimum absolute atomic E-state index is 0.201. The second kappa shape index (κ2) is 6.65. The number of ether oxygens (including phenoxy) is 1. The number of aromatic nitrogens is 1. The summed E-state index contributed by atoms with van der Waals surface area (Å²) in [5, 5.41) is 0.813. The van der Waals surface area contributed by atoms with Crippen LogP contribution in [0.3, 0.4) is 0 Å². The summed E-state index contributed by atoms with van der Waals surface area (Å²) in [6, 6.07) is 11.0. The molecule has 142 valence electrons. The van der Waals surface area contributed by atoms with Gasteiger partial charge < -0.3 is 9.72 Å². The van der Waals surface area contributed by atoms with Crippen LogP contribution < -0.4 is 9.46 Å². The minimum atomic E-state index is -3.63. The van der Waals surface area contributed by atoms with Crippen molar-refractivity contribution in [2.75, 3.05) is 13.2 Å². The van der Waals surface area contributed by atoms with E-state index < -0.39 is 10.0 Å². The van der Waals surface area contributed by atoms with Gasteiger partial charge in [0.15, 0.2) is 0 Å². The minimum Gasteiger partial charge on any atom is -0.494 e. The van der Waals surface area contributed by atoms with Crippen LogP contribution >= 0.6 is 0 Å². The van der Waals surface area contributed by atoms with Gasteiger partial charge in [0.2, 0.25) is 10.0 Å². The van der Waals surface area contributed by atoms with E-state index in [2.05, 4.69) is 9.71 Å². The normalized spacial score (nSPS) is 15.8. The molecule has 0 saturated heterocycles. The number of sulfonamides is 1. The number of nitrogens with one attached hydrogen (secondary N) is 2. The van der Waals surface area contributed by atoms with Gasteiger partial charge in [-0.2, -0.15) is 0 Å². The summed E-state index contributed by atoms with van der Waals surface area (Å²) in [6.07, 6.45) is 3.59. The molecule has 1 aromatic heterocycles. The highest BCUT2D eigenvalue weighted by atomic mass is 32.2. The second-order valence-corrected chi connectivity index (χ2v) is 8.67. The largest absolute Gasteiger partial charge is 0.494 e. The van der Waals surface area contributed by atoms with Gasteiger partial charge in [-0.25, -0.2) is 17.5 Å². The maximum atomic E-state index is 13.7. The molecule has 5 nitrogen and oxygen atoms in total. The summed E-state index contributed by atoms with van der Waals surface area (Å²) in [4.78, 5) is 3.35. The first-order chi connectivity index (χ1) is 12.9. The highest BCUT2D eigenvalue weighted by molar-refractivity contribution is 7.89. The first kappa shape index (κ1) is 18.0. The molecule has 1 heterocycles. The average molecular weight is 388 g/mol. The van der Waals surface area contributed by atoms with Gasteiger partial charge >= 0.3 is 0 Å². The molecule has 0 bridgehead atoms. The highest BCUT2D eigenvalue weighted by Gasteiger charge is 2.46. The topological polar surface area (TPSA) is 71.2 Å². The summed E-state index contributed by atoms with van der Waals surface area (Å²) >= 11 is 0. The molecule has 1 saturated carbocycles. The molecule has 27 heavy (non-hydrogen) atoms. The fourth-order valence-corrected chi connectivity index (χ4v) is 4.55. The molecule has 1 fully saturated rings. The number of halogens is 1. The quantitative estimate of drug-likeness (QED) is 0.648. The molecule has 0 unspecified atom stereocenters. The Labute approximate surface area is 157 Å². The van der Waals surface area contributed by atoms with Crippen LogP contribution in [0.5, 0.6) is 5.75 Å². The molecule has 2 aromatic carbocycles. The SMILES string of the molecule is CCOc1ccc(S(=O)(=O)NCC2(c3c[nH]c4ccc(F)cc34)CC2)cc1. The lowest BCUT2D eigenvalue weighted by Crippen LogP contribution is -2.32. The first-order valence-electron chi connectivity index (χ1n) is 8.93. The van der Waals surface area contributed by atoms with Gasteiger partial charge in [-0.3, -0.25) is 0 Å². The fourth-order valence-electron chi connectivity index (χ4n) is 3.42. The average Bonchev–Trinajstić information content (AvgIpc) is 3.33. The maximum absolute atomic E-state index is 13.7. The molecule has 0 atom stereocenters. The molecule has 7 heteroatoms. The zero-order chi connectivity index (χ0) is 19.1. The fraction of sp³-hybridized carbons (Fsp3) is 0.300. The monoisotopic (exact) mass is 388 g/mol. The lowest BCUT2D eigenvalue weighted by atomic mass is 9.96. The van der Waals surface area contributed by atoms with Gasteiger partial charge in [-0.15, -0.1) is 0 Å². The van der Waals surface area contributed by atoms with Gasteiger partial charge in [0.05, 0.1) is 11.5 Å². The summed E-state index contributed by atoms with van der Waals surface area (Å²) in [6.45, 7) is 2.68. The molecule has 3 aromatic rings. The number of hydrogen-bond acceptors (Lipinski definition) is 3. The Morgan fingerprint density at radius 1 is 1.19 bits per heavy atom. The molecule has 1 aliphatic rings. The summed E-state index contributed by atoms with van der Waals surface area (Å²) < 4.78 is 47.0. The first-order valence-corrected chi connectivity index (χ1v) is 10.4. The standard InChI is InChI=1S/C20H21FN2O3S/c1-2-26-15-4-6-16(7-5-15)27(24,25)23-13-20(9-10-20)18-12-22-19-8-3-14(21)11-17(18)19/h3-8,11-12,22-23H,2,9-10,13H2,1H3. The molecule has 1 aliphatic carbocycles. The molecule has 2 N–H and O–H groups in total. The molecule has 0 radical (unpaired) electrons. The summed E-state index contributed by atoms with van der Waals surface area (Å²) in [7, 11) is -3.63. The Balaban J connectivity index is 1.54. The number of hydrogen-bond donors (Lipinski definition) is 2. The van der Waals surface area contributed by atoms with E-state index in [1.807, 2.05) is 13.1 Å². The zero-order valence-corrected chi connectivity index (χ0v) is 15.8. The van der Waals surface area contributed by atoms with Crippen LogP contribution in [0.15, 0.2) is 53.6 Å². The Kier molecular flexibility index (Phi) is 4.44. The van der Waals surface area contributed by atoms with Crippen molar-refractivity contribution >= 4 is 20.9 Å². The molecular formula is C20H21FN2O3S. The van der Waals surface area contributed by atoms with E-state index in [1.165, 1.54) is 24.3 Å². The number of rotatable bonds is 7. The predicted molar refractivity (Wildman–Crippen MR) is 102 cm³/mol. The van der Waals surface area contributed by atoms with Crippen LogP contribution in [0.1, 0.15) is 25.3 Å². The highest BCUT2D eigenvalue weighted by Crippen LogP contribution is 2.50. The number of aromatic amines is 1. The third-order valence-electron chi connectivity index (χ3n) is 5.11. The van der Waals surface area contributed by atoms with Gasteiger partial charge in [0.25, 0.3) is 0 Å². The Morgan fingerprint density at radius 2 is 1.93 bits per heavy atom. The third-order valence-corrected chi connectivity index (χ3v) is 6.53. The Bertz CT molecular complexity index is 1070. The smallest absolute Gasteiger partial charge is 0.240 e. The number of H-pyrrole nitrogens is 1. The molecule has 0 spiro atoms. The number of benzene rings is 2. The van der Waals surface area contributed by atoms with Gasteiger partial charge in [-0.05, 0) is 67.8 Å². The van der Waals surface area contributed by atoms with Crippen molar-refractivity contribution in [2.24, 2.45) is 0 Å². The molecule has 0 amide bonds. The van der Waals surface area contributed by atoms with E-state index in [-0.39, 0.29) is 22.7 Å². The molecule has 4 rings (SSSR count). The van der Waals surface area contributed by atoms with E-state index >= 15 is 0 Å². The van der Waals surface area contributed by atoms with E-state index in [0.29, 0.717) is 12.4 Å². The van der Waals surface area contributed by atoms with E-state index in [1.54, 1.807) is 18.2 Å². The molecular weight excluding hydrogens is 367 g/mol. The van der Waals surface area contributed by atoms with Crippen LogP contribution in [0.25, 0.3) is 10.9 Å². The van der Waals surface area contributed by atoms with Crippen molar-refractivity contribution in [2.45, 2.75) is 30.1 Å². The van der Waals surface area contributed by atoms with Gasteiger partial charge in [-0.1, -0.05) is 0 Å². The lowest BCUT2D eigenvalue weighted by Gasteiger charge is -2.16. The predicted octanol–water partition coefficient (Wildman–Crippen LogP) is 3.72. The van der Waals surface area contributed by atoms with Crippen LogP contribution in [0.4, 0.5) is 4.39 Å². The van der Waals surface area contributed by atoms with Gasteiger partial charge in [0.1, 0.15) is 11.6 Å². The molecule has 0 aliphatic heterocycles. The van der Waals surface area contributed by atoms with E-state index in [0.717, 1.165) is 29.3 Å². The third kappa shape index (κ3) is 3.44. The summed E-state index contributed by atoms with van der Waals surface area (Å²) in [5.74, 6) is 0.338. The lowest BCUT2D eigenvalue weighted by molar-refractivity contribution is 0.340. The summed E-state index contributed by atoms with van der Waals surface area (Å²) in [5.41, 5.74) is 1.53. The van der Waals surface area contributed by atoms with Crippen molar-refractivity contribution in [3.63, 3.8) is 0 Å². The van der Waals surface area contributed by atoms with Crippen molar-refractivity contribution in [3.05, 3.63) is 60.0 Å². The Morgan fingerprint density at radius 3 is 2.59 bits per heavy atom. The van der Waals surface area contributed by atoms with E-state index in [4.69, 9.17) is 4.74 Å². The van der Waals surface area contributed by atoms with Crippen LogP contribution in [0.2, 0.25) is 0 Å². The van der Waals surface area contributed by atoms with Crippen molar-refractivity contribution in [1.82, 2.24) is 9.71 Å². The second-order valence-electron chi connectivity index (χ2n) is 6.90. The van der Waals surface area contributed by atoms with Crippen LogP contribution in [-0.2, 0) is 15.4 Å². The van der Waals surface area contributed by atoms with Crippen LogP contribution in [0, 0.1) is 5.82 Å².